The molecule has 19 heavy (non-hydrogen) atoms. The highest BCUT2D eigenvalue weighted by Gasteiger charge is 2.15. The van der Waals surface area contributed by atoms with Crippen molar-refractivity contribution in [3.63, 3.8) is 0 Å². The first-order valence-electron chi connectivity index (χ1n) is 5.23. The van der Waals surface area contributed by atoms with E-state index in [0.717, 1.165) is 0 Å². The van der Waals surface area contributed by atoms with Crippen molar-refractivity contribution in [2.45, 2.75) is 0 Å². The van der Waals surface area contributed by atoms with E-state index in [9.17, 15) is 14.3 Å². The van der Waals surface area contributed by atoms with E-state index in [-0.39, 0.29) is 27.0 Å². The van der Waals surface area contributed by atoms with Crippen LogP contribution in [0, 0.1) is 5.82 Å². The maximum Gasteiger partial charge on any atom is 0.257 e. The van der Waals surface area contributed by atoms with Crippen LogP contribution in [0.2, 0.25) is 10.0 Å². The minimum Gasteiger partial charge on any atom is -0.508 e. The Hall–Kier alpha value is -1.78. The van der Waals surface area contributed by atoms with Gasteiger partial charge in [0, 0.05) is 0 Å². The van der Waals surface area contributed by atoms with Gasteiger partial charge in [-0.25, -0.2) is 4.39 Å². The predicted molar refractivity (Wildman–Crippen MR) is 72.5 cm³/mol. The van der Waals surface area contributed by atoms with E-state index in [1.807, 2.05) is 0 Å². The fourth-order valence-electron chi connectivity index (χ4n) is 1.49. The predicted octanol–water partition coefficient (Wildman–Crippen LogP) is 4.09. The average molecular weight is 300 g/mol. The van der Waals surface area contributed by atoms with E-state index in [1.54, 1.807) is 0 Å². The quantitative estimate of drug-likeness (QED) is 0.877. The molecule has 0 radical (unpaired) electrons. The van der Waals surface area contributed by atoms with Crippen LogP contribution in [0.4, 0.5) is 10.1 Å². The molecular formula is C13H8Cl2FNO2. The molecule has 0 unspecified atom stereocenters. The second-order valence-corrected chi connectivity index (χ2v) is 4.53. The molecular weight excluding hydrogens is 292 g/mol. The van der Waals surface area contributed by atoms with Gasteiger partial charge in [0.15, 0.2) is 0 Å². The minimum absolute atomic E-state index is 0.0287. The van der Waals surface area contributed by atoms with E-state index in [2.05, 4.69) is 5.32 Å². The Morgan fingerprint density at radius 3 is 2.58 bits per heavy atom. The van der Waals surface area contributed by atoms with Gasteiger partial charge in [-0.1, -0.05) is 29.3 Å². The Balaban J connectivity index is 2.34. The van der Waals surface area contributed by atoms with Gasteiger partial charge in [0.25, 0.3) is 5.91 Å². The van der Waals surface area contributed by atoms with Crippen molar-refractivity contribution in [2.75, 3.05) is 5.32 Å². The van der Waals surface area contributed by atoms with Crippen molar-refractivity contribution >= 4 is 34.8 Å². The summed E-state index contributed by atoms with van der Waals surface area (Å²) < 4.78 is 13.5. The summed E-state index contributed by atoms with van der Waals surface area (Å²) in [6.07, 6.45) is 0. The van der Waals surface area contributed by atoms with E-state index >= 15 is 0 Å². The SMILES string of the molecule is O=C(Nc1c(F)cccc1Cl)c1cc(O)ccc1Cl. The van der Waals surface area contributed by atoms with E-state index in [4.69, 9.17) is 23.2 Å². The first kappa shape index (κ1) is 13.6. The zero-order valence-electron chi connectivity index (χ0n) is 9.45. The molecule has 0 aliphatic rings. The summed E-state index contributed by atoms with van der Waals surface area (Å²) in [5, 5.41) is 11.9. The Kier molecular flexibility index (Phi) is 3.93. The molecule has 6 heteroatoms. The first-order chi connectivity index (χ1) is 8.99. The number of anilines is 1. The van der Waals surface area contributed by atoms with Crippen molar-refractivity contribution in [1.29, 1.82) is 0 Å². The van der Waals surface area contributed by atoms with E-state index < -0.39 is 11.7 Å². The molecule has 0 saturated carbocycles. The van der Waals surface area contributed by atoms with Crippen molar-refractivity contribution in [2.24, 2.45) is 0 Å². The number of rotatable bonds is 2. The van der Waals surface area contributed by atoms with E-state index in [0.29, 0.717) is 0 Å². The molecule has 2 aromatic carbocycles. The van der Waals surface area contributed by atoms with Crippen LogP contribution in [0.5, 0.6) is 5.75 Å². The monoisotopic (exact) mass is 299 g/mol. The van der Waals surface area contributed by atoms with Crippen LogP contribution >= 0.6 is 23.2 Å². The second kappa shape index (κ2) is 5.47. The van der Waals surface area contributed by atoms with Crippen LogP contribution in [0.1, 0.15) is 10.4 Å². The summed E-state index contributed by atoms with van der Waals surface area (Å²) in [6, 6.07) is 7.95. The summed E-state index contributed by atoms with van der Waals surface area (Å²) in [7, 11) is 0. The highest BCUT2D eigenvalue weighted by atomic mass is 35.5. The van der Waals surface area contributed by atoms with Gasteiger partial charge in [0.1, 0.15) is 11.6 Å². The van der Waals surface area contributed by atoms with Gasteiger partial charge in [-0.05, 0) is 30.3 Å². The van der Waals surface area contributed by atoms with Gasteiger partial charge >= 0.3 is 0 Å². The number of nitrogens with one attached hydrogen (secondary N) is 1. The largest absolute Gasteiger partial charge is 0.508 e. The van der Waals surface area contributed by atoms with Gasteiger partial charge in [-0.3, -0.25) is 4.79 Å². The smallest absolute Gasteiger partial charge is 0.257 e. The standard InChI is InChI=1S/C13H8Cl2FNO2/c14-9-5-4-7(18)6-8(9)13(19)17-12-10(15)2-1-3-11(12)16/h1-6,18H,(H,17,19). The van der Waals surface area contributed by atoms with Gasteiger partial charge in [-0.15, -0.1) is 0 Å². The van der Waals surface area contributed by atoms with Gasteiger partial charge in [0.2, 0.25) is 0 Å². The molecule has 0 bridgehead atoms. The number of aromatic hydroxyl groups is 1. The summed E-state index contributed by atoms with van der Waals surface area (Å²) in [5.41, 5.74) is -0.102. The van der Waals surface area contributed by atoms with Crippen molar-refractivity contribution in [1.82, 2.24) is 0 Å². The molecule has 2 aromatic rings. The lowest BCUT2D eigenvalue weighted by Crippen LogP contribution is -2.13. The molecule has 0 fully saturated rings. The lowest BCUT2D eigenvalue weighted by molar-refractivity contribution is 0.102. The number of halogens is 3. The van der Waals surface area contributed by atoms with Crippen LogP contribution < -0.4 is 5.32 Å². The van der Waals surface area contributed by atoms with Gasteiger partial charge < -0.3 is 10.4 Å². The number of carbonyl (C=O) groups excluding carboxylic acids is 1. The number of benzene rings is 2. The molecule has 0 heterocycles. The zero-order valence-corrected chi connectivity index (χ0v) is 11.0. The molecule has 2 rings (SSSR count). The normalized spacial score (nSPS) is 10.3. The average Bonchev–Trinajstić information content (AvgIpc) is 2.37. The molecule has 0 aliphatic carbocycles. The fraction of sp³-hybridized carbons (Fsp3) is 0. The molecule has 3 nitrogen and oxygen atoms in total. The minimum atomic E-state index is -0.659. The van der Waals surface area contributed by atoms with Gasteiger partial charge in [-0.2, -0.15) is 0 Å². The number of phenols is 1. The molecule has 0 spiro atoms. The highest BCUT2D eigenvalue weighted by Crippen LogP contribution is 2.27. The third kappa shape index (κ3) is 2.97. The van der Waals surface area contributed by atoms with Crippen molar-refractivity contribution in [3.05, 3.63) is 57.8 Å². The molecule has 0 aromatic heterocycles. The summed E-state index contributed by atoms with van der Waals surface area (Å²) >= 11 is 11.6. The molecule has 98 valence electrons. The van der Waals surface area contributed by atoms with Crippen LogP contribution in [0.25, 0.3) is 0 Å². The molecule has 0 atom stereocenters. The van der Waals surface area contributed by atoms with Crippen molar-refractivity contribution < 1.29 is 14.3 Å². The Labute approximate surface area is 118 Å². The van der Waals surface area contributed by atoms with Crippen LogP contribution in [-0.2, 0) is 0 Å². The number of carbonyl (C=O) groups is 1. The maximum atomic E-state index is 13.5. The highest BCUT2D eigenvalue weighted by molar-refractivity contribution is 6.36. The topological polar surface area (TPSA) is 49.3 Å². The molecule has 1 amide bonds. The molecule has 2 N–H and O–H groups in total. The Morgan fingerprint density at radius 1 is 1.16 bits per heavy atom. The second-order valence-electron chi connectivity index (χ2n) is 3.71. The first-order valence-corrected chi connectivity index (χ1v) is 5.98. The van der Waals surface area contributed by atoms with Crippen molar-refractivity contribution in [3.8, 4) is 5.75 Å². The summed E-state index contributed by atoms with van der Waals surface area (Å²) in [6.45, 7) is 0. The van der Waals surface area contributed by atoms with E-state index in [1.165, 1.54) is 36.4 Å². The summed E-state index contributed by atoms with van der Waals surface area (Å²) in [4.78, 5) is 12.0. The number of hydrogen-bond donors (Lipinski definition) is 2. The third-order valence-electron chi connectivity index (χ3n) is 2.40. The maximum absolute atomic E-state index is 13.5. The number of hydrogen-bond acceptors (Lipinski definition) is 2. The lowest BCUT2D eigenvalue weighted by atomic mass is 10.2. The summed E-state index contributed by atoms with van der Waals surface area (Å²) in [5.74, 6) is -1.43. The van der Waals surface area contributed by atoms with Crippen LogP contribution in [-0.4, -0.2) is 11.0 Å². The number of amides is 1. The van der Waals surface area contributed by atoms with Crippen LogP contribution in [0.15, 0.2) is 36.4 Å². The lowest BCUT2D eigenvalue weighted by Gasteiger charge is -2.09. The number of phenolic OH excluding ortho intramolecular Hbond substituents is 1. The van der Waals surface area contributed by atoms with Crippen LogP contribution in [0.3, 0.4) is 0 Å². The van der Waals surface area contributed by atoms with Gasteiger partial charge in [0.05, 0.1) is 21.3 Å². The molecule has 0 saturated heterocycles. The fourth-order valence-corrected chi connectivity index (χ4v) is 1.90. The Morgan fingerprint density at radius 2 is 1.89 bits per heavy atom. The Bertz CT molecular complexity index is 626. The third-order valence-corrected chi connectivity index (χ3v) is 3.04. The number of para-hydroxylation sites is 1. The zero-order chi connectivity index (χ0) is 14.0. The molecule has 0 aliphatic heterocycles.